The number of likely N-dealkylation sites (N-methyl/N-ethyl adjacent to an activating group) is 1. The third kappa shape index (κ3) is 4.12. The average Bonchev–Trinajstić information content (AvgIpc) is 3.02. The Hall–Kier alpha value is -2.44. The summed E-state index contributed by atoms with van der Waals surface area (Å²) in [6.07, 6.45) is 0. The number of amides is 2. The molecule has 0 radical (unpaired) electrons. The minimum Gasteiger partial charge on any atom is -0.342 e. The minimum atomic E-state index is -0.377. The number of nitrogens with one attached hydrogen (secondary N) is 1. The molecule has 1 unspecified atom stereocenters. The van der Waals surface area contributed by atoms with E-state index in [-0.39, 0.29) is 30.2 Å². The fourth-order valence-corrected chi connectivity index (χ4v) is 4.14. The third-order valence-corrected chi connectivity index (χ3v) is 6.14. The van der Waals surface area contributed by atoms with Crippen LogP contribution in [-0.4, -0.2) is 30.3 Å². The maximum absolute atomic E-state index is 13.1. The van der Waals surface area contributed by atoms with Crippen molar-refractivity contribution < 1.29 is 14.0 Å². The summed E-state index contributed by atoms with van der Waals surface area (Å²) < 4.78 is 14.0. The van der Waals surface area contributed by atoms with Crippen LogP contribution in [0.15, 0.2) is 48.5 Å². The predicted octanol–water partition coefficient (Wildman–Crippen LogP) is 4.64. The van der Waals surface area contributed by atoms with Crippen LogP contribution in [0.5, 0.6) is 0 Å². The van der Waals surface area contributed by atoms with E-state index in [2.05, 4.69) is 5.32 Å². The fraction of sp³-hybridized carbons (Fsp3) is 0.200. The number of hydrogen-bond donors (Lipinski definition) is 1. The van der Waals surface area contributed by atoms with Gasteiger partial charge >= 0.3 is 0 Å². The van der Waals surface area contributed by atoms with E-state index >= 15 is 0 Å². The molecule has 0 saturated heterocycles. The molecule has 0 bridgehead atoms. The highest BCUT2D eigenvalue weighted by Gasteiger charge is 2.21. The van der Waals surface area contributed by atoms with Gasteiger partial charge in [-0.25, -0.2) is 4.39 Å². The normalized spacial score (nSPS) is 12.0. The Balaban J connectivity index is 1.64. The molecule has 1 aromatic heterocycles. The number of carbonyl (C=O) groups excluding carboxylic acids is 2. The molecule has 1 N–H and O–H groups in total. The summed E-state index contributed by atoms with van der Waals surface area (Å²) in [6.45, 7) is 1.70. The van der Waals surface area contributed by atoms with Crippen LogP contribution in [0.2, 0.25) is 5.02 Å². The van der Waals surface area contributed by atoms with Gasteiger partial charge in [0.25, 0.3) is 5.91 Å². The van der Waals surface area contributed by atoms with E-state index in [0.29, 0.717) is 9.90 Å². The second-order valence-electron chi connectivity index (χ2n) is 6.16. The zero-order valence-corrected chi connectivity index (χ0v) is 16.4. The van der Waals surface area contributed by atoms with E-state index in [1.807, 2.05) is 31.2 Å². The molecule has 4 nitrogen and oxygen atoms in total. The molecular weight excluding hydrogens is 387 g/mol. The van der Waals surface area contributed by atoms with Crippen LogP contribution in [-0.2, 0) is 4.79 Å². The van der Waals surface area contributed by atoms with E-state index < -0.39 is 0 Å². The minimum absolute atomic E-state index is 0.147. The molecule has 3 aromatic rings. The van der Waals surface area contributed by atoms with Crippen molar-refractivity contribution in [2.24, 2.45) is 0 Å². The maximum Gasteiger partial charge on any atom is 0.263 e. The van der Waals surface area contributed by atoms with Gasteiger partial charge in [0.2, 0.25) is 5.91 Å². The summed E-state index contributed by atoms with van der Waals surface area (Å²) in [6, 6.07) is 13.2. The highest BCUT2D eigenvalue weighted by molar-refractivity contribution is 7.21. The topological polar surface area (TPSA) is 49.4 Å². The molecule has 2 amide bonds. The van der Waals surface area contributed by atoms with Crippen molar-refractivity contribution >= 4 is 44.8 Å². The Labute approximate surface area is 165 Å². The molecule has 0 aliphatic heterocycles. The van der Waals surface area contributed by atoms with Gasteiger partial charge in [-0.05, 0) is 30.7 Å². The number of halogens is 2. The number of benzene rings is 2. The maximum atomic E-state index is 13.1. The molecule has 0 spiro atoms. The fourth-order valence-electron chi connectivity index (χ4n) is 2.70. The lowest BCUT2D eigenvalue weighted by molar-refractivity contribution is -0.130. The van der Waals surface area contributed by atoms with E-state index in [1.165, 1.54) is 28.4 Å². The molecule has 0 aliphatic rings. The molecule has 0 fully saturated rings. The van der Waals surface area contributed by atoms with Crippen molar-refractivity contribution in [1.82, 2.24) is 10.2 Å². The quantitative estimate of drug-likeness (QED) is 0.673. The summed E-state index contributed by atoms with van der Waals surface area (Å²) in [7, 11) is 1.65. The van der Waals surface area contributed by atoms with Crippen LogP contribution >= 0.6 is 22.9 Å². The van der Waals surface area contributed by atoms with Crippen molar-refractivity contribution in [2.75, 3.05) is 13.6 Å². The Kier molecular flexibility index (Phi) is 5.77. The summed E-state index contributed by atoms with van der Waals surface area (Å²) in [5, 5.41) is 3.85. The van der Waals surface area contributed by atoms with Gasteiger partial charge in [0.05, 0.1) is 17.6 Å². The highest BCUT2D eigenvalue weighted by atomic mass is 35.5. The van der Waals surface area contributed by atoms with Crippen LogP contribution in [0.3, 0.4) is 0 Å². The highest BCUT2D eigenvalue weighted by Crippen LogP contribution is 2.34. The van der Waals surface area contributed by atoms with Crippen molar-refractivity contribution in [3.63, 3.8) is 0 Å². The second kappa shape index (κ2) is 8.06. The van der Waals surface area contributed by atoms with Crippen molar-refractivity contribution in [3.8, 4) is 0 Å². The van der Waals surface area contributed by atoms with Gasteiger partial charge in [0, 0.05) is 17.1 Å². The lowest BCUT2D eigenvalue weighted by atomic mass is 10.1. The molecule has 1 heterocycles. The first-order valence-corrected chi connectivity index (χ1v) is 9.54. The first-order chi connectivity index (χ1) is 12.9. The number of thiophene rings is 1. The van der Waals surface area contributed by atoms with Gasteiger partial charge in [-0.2, -0.15) is 0 Å². The smallest absolute Gasteiger partial charge is 0.263 e. The lowest BCUT2D eigenvalue weighted by Gasteiger charge is -2.25. The van der Waals surface area contributed by atoms with Crippen LogP contribution in [0.4, 0.5) is 4.39 Å². The van der Waals surface area contributed by atoms with Gasteiger partial charge in [-0.15, -0.1) is 11.3 Å². The van der Waals surface area contributed by atoms with E-state index in [0.717, 1.165) is 15.6 Å². The molecule has 0 saturated carbocycles. The number of carbonyl (C=O) groups is 2. The average molecular weight is 405 g/mol. The first kappa shape index (κ1) is 19.3. The van der Waals surface area contributed by atoms with Crippen LogP contribution in [0.1, 0.15) is 28.2 Å². The van der Waals surface area contributed by atoms with Gasteiger partial charge in [-0.3, -0.25) is 9.59 Å². The van der Waals surface area contributed by atoms with Crippen LogP contribution in [0.25, 0.3) is 10.1 Å². The van der Waals surface area contributed by atoms with E-state index in [1.54, 1.807) is 19.2 Å². The van der Waals surface area contributed by atoms with Crippen molar-refractivity contribution in [3.05, 3.63) is 69.8 Å². The Morgan fingerprint density at radius 1 is 1.19 bits per heavy atom. The van der Waals surface area contributed by atoms with Gasteiger partial charge in [0.1, 0.15) is 10.7 Å². The van der Waals surface area contributed by atoms with Crippen LogP contribution in [0, 0.1) is 5.82 Å². The lowest BCUT2D eigenvalue weighted by Crippen LogP contribution is -2.39. The Morgan fingerprint density at radius 2 is 1.85 bits per heavy atom. The van der Waals surface area contributed by atoms with E-state index in [4.69, 9.17) is 11.6 Å². The number of hydrogen-bond acceptors (Lipinski definition) is 3. The molecule has 2 aromatic carbocycles. The van der Waals surface area contributed by atoms with E-state index in [9.17, 15) is 14.0 Å². The number of rotatable bonds is 5. The summed E-state index contributed by atoms with van der Waals surface area (Å²) in [4.78, 5) is 26.8. The summed E-state index contributed by atoms with van der Waals surface area (Å²) in [5.41, 5.74) is 0.811. The first-order valence-electron chi connectivity index (χ1n) is 8.35. The van der Waals surface area contributed by atoms with Crippen molar-refractivity contribution in [2.45, 2.75) is 13.0 Å². The SMILES string of the molecule is CC(c1ccc(F)cc1)N(C)C(=O)CNC(=O)c1sc2ccccc2c1Cl. The molecule has 27 heavy (non-hydrogen) atoms. The molecule has 0 aliphatic carbocycles. The number of nitrogens with zero attached hydrogens (tertiary/aromatic N) is 1. The van der Waals surface area contributed by atoms with Gasteiger partial charge < -0.3 is 10.2 Å². The zero-order chi connectivity index (χ0) is 19.6. The Bertz CT molecular complexity index is 987. The summed E-state index contributed by atoms with van der Waals surface area (Å²) in [5.74, 6) is -0.956. The Morgan fingerprint density at radius 3 is 2.52 bits per heavy atom. The monoisotopic (exact) mass is 404 g/mol. The van der Waals surface area contributed by atoms with Crippen LogP contribution < -0.4 is 5.32 Å². The second-order valence-corrected chi connectivity index (χ2v) is 7.59. The standard InChI is InChI=1S/C20H18ClFN2O2S/c1-12(13-7-9-14(22)10-8-13)24(2)17(25)11-23-20(26)19-18(21)15-5-3-4-6-16(15)27-19/h3-10,12H,11H2,1-2H3,(H,23,26). The summed E-state index contributed by atoms with van der Waals surface area (Å²) >= 11 is 7.59. The zero-order valence-electron chi connectivity index (χ0n) is 14.8. The number of fused-ring (bicyclic) bond motifs is 1. The van der Waals surface area contributed by atoms with Gasteiger partial charge in [-0.1, -0.05) is 41.9 Å². The molecule has 1 atom stereocenters. The van der Waals surface area contributed by atoms with Crippen molar-refractivity contribution in [1.29, 1.82) is 0 Å². The third-order valence-electron chi connectivity index (χ3n) is 4.47. The van der Waals surface area contributed by atoms with Gasteiger partial charge in [0.15, 0.2) is 0 Å². The molecular formula is C20H18ClFN2O2S. The predicted molar refractivity (Wildman–Crippen MR) is 107 cm³/mol. The largest absolute Gasteiger partial charge is 0.342 e. The molecule has 140 valence electrons. The molecule has 7 heteroatoms. The molecule has 3 rings (SSSR count).